The van der Waals surface area contributed by atoms with E-state index in [0.717, 1.165) is 25.2 Å². The lowest BCUT2D eigenvalue weighted by atomic mass is 9.97. The first-order valence-electron chi connectivity index (χ1n) is 7.18. The van der Waals surface area contributed by atoms with Gasteiger partial charge in [0, 0.05) is 25.1 Å². The number of likely N-dealkylation sites (N-methyl/N-ethyl adjacent to an activating group) is 1. The van der Waals surface area contributed by atoms with Crippen molar-refractivity contribution in [3.8, 4) is 0 Å². The average Bonchev–Trinajstić information content (AvgIpc) is 2.98. The maximum Gasteiger partial charge on any atom is 0.136 e. The van der Waals surface area contributed by atoms with E-state index in [-0.39, 0.29) is 0 Å². The molecule has 96 valence electrons. The predicted octanol–water partition coefficient (Wildman–Crippen LogP) is 1.01. The highest BCUT2D eigenvalue weighted by Gasteiger charge is 2.50. The van der Waals surface area contributed by atoms with Crippen molar-refractivity contribution in [1.29, 1.82) is 0 Å². The molecule has 1 aromatic rings. The Morgan fingerprint density at radius 2 is 2.28 bits per heavy atom. The van der Waals surface area contributed by atoms with Crippen LogP contribution < -0.4 is 15.1 Å². The van der Waals surface area contributed by atoms with Gasteiger partial charge in [-0.2, -0.15) is 0 Å². The molecule has 0 amide bonds. The first kappa shape index (κ1) is 11.0. The van der Waals surface area contributed by atoms with Crippen molar-refractivity contribution in [3.63, 3.8) is 0 Å². The third kappa shape index (κ3) is 1.41. The normalized spacial score (nSPS) is 37.8. The molecule has 4 rings (SSSR count). The molecule has 3 heterocycles. The molecule has 2 fully saturated rings. The van der Waals surface area contributed by atoms with E-state index in [1.165, 1.54) is 36.0 Å². The van der Waals surface area contributed by atoms with Crippen LogP contribution in [-0.2, 0) is 13.0 Å². The van der Waals surface area contributed by atoms with Gasteiger partial charge in [0.25, 0.3) is 0 Å². The zero-order valence-corrected chi connectivity index (χ0v) is 11.1. The molecule has 0 spiro atoms. The molecule has 2 saturated heterocycles. The molecular formula is C15H22N3+. The molecule has 1 aromatic carbocycles. The Balaban J connectivity index is 1.81. The second-order valence-electron chi connectivity index (χ2n) is 6.29. The van der Waals surface area contributed by atoms with Crippen LogP contribution >= 0.6 is 0 Å². The maximum atomic E-state index is 3.63. The second-order valence-corrected chi connectivity index (χ2v) is 6.29. The summed E-state index contributed by atoms with van der Waals surface area (Å²) in [6, 6.07) is 8.47. The number of piperazine rings is 1. The first-order valence-corrected chi connectivity index (χ1v) is 7.18. The molecule has 2 bridgehead atoms. The summed E-state index contributed by atoms with van der Waals surface area (Å²) in [7, 11) is 2.45. The summed E-state index contributed by atoms with van der Waals surface area (Å²) in [5.74, 6) is 0. The molecular weight excluding hydrogens is 222 g/mol. The van der Waals surface area contributed by atoms with E-state index in [1.54, 1.807) is 11.3 Å². The second kappa shape index (κ2) is 3.80. The standard InChI is InChI=1S/C15H22N3/c1-18(10-12-7-13(18)9-17-12)15-4-2-3-11-8-16-6-5-14(11)15/h2-4,12-13,16-17H,5-10H2,1H3/q+1. The molecule has 3 atom stereocenters. The van der Waals surface area contributed by atoms with Crippen LogP contribution in [-0.4, -0.2) is 38.8 Å². The van der Waals surface area contributed by atoms with Crippen molar-refractivity contribution in [1.82, 2.24) is 15.1 Å². The third-order valence-electron chi connectivity index (χ3n) is 5.27. The highest BCUT2D eigenvalue weighted by molar-refractivity contribution is 5.56. The van der Waals surface area contributed by atoms with Crippen LogP contribution in [0.1, 0.15) is 17.5 Å². The van der Waals surface area contributed by atoms with Gasteiger partial charge in [0.1, 0.15) is 11.7 Å². The lowest BCUT2D eigenvalue weighted by Crippen LogP contribution is -2.58. The Kier molecular flexibility index (Phi) is 2.31. The highest BCUT2D eigenvalue weighted by Crippen LogP contribution is 2.39. The van der Waals surface area contributed by atoms with Gasteiger partial charge in [-0.3, -0.25) is 4.48 Å². The molecule has 3 unspecified atom stereocenters. The summed E-state index contributed by atoms with van der Waals surface area (Å²) < 4.78 is 1.17. The minimum Gasteiger partial charge on any atom is -0.312 e. The van der Waals surface area contributed by atoms with Crippen LogP contribution in [0.2, 0.25) is 0 Å². The van der Waals surface area contributed by atoms with E-state index in [0.29, 0.717) is 0 Å². The number of quaternary nitrogens is 1. The number of hydrogen-bond donors (Lipinski definition) is 2. The van der Waals surface area contributed by atoms with Crippen LogP contribution in [0.4, 0.5) is 5.69 Å². The van der Waals surface area contributed by atoms with Crippen molar-refractivity contribution in [2.75, 3.05) is 26.7 Å². The van der Waals surface area contributed by atoms with Crippen molar-refractivity contribution >= 4 is 5.69 Å². The number of nitrogens with zero attached hydrogens (tertiary/aromatic N) is 1. The number of benzene rings is 1. The van der Waals surface area contributed by atoms with E-state index in [2.05, 4.69) is 35.9 Å². The molecule has 3 aliphatic rings. The summed E-state index contributed by atoms with van der Waals surface area (Å²) in [5.41, 5.74) is 4.75. The van der Waals surface area contributed by atoms with Crippen LogP contribution in [0.3, 0.4) is 0 Å². The minimum absolute atomic E-state index is 0.748. The minimum atomic E-state index is 0.748. The van der Waals surface area contributed by atoms with Gasteiger partial charge in [-0.15, -0.1) is 0 Å². The zero-order valence-electron chi connectivity index (χ0n) is 11.1. The number of nitrogens with one attached hydrogen (secondary N) is 2. The van der Waals surface area contributed by atoms with Gasteiger partial charge in [-0.1, -0.05) is 12.1 Å². The quantitative estimate of drug-likeness (QED) is 0.721. The molecule has 2 N–H and O–H groups in total. The van der Waals surface area contributed by atoms with Crippen molar-refractivity contribution in [2.24, 2.45) is 0 Å². The number of rotatable bonds is 1. The molecule has 0 saturated carbocycles. The van der Waals surface area contributed by atoms with Gasteiger partial charge in [0.2, 0.25) is 0 Å². The molecule has 3 aliphatic heterocycles. The average molecular weight is 244 g/mol. The van der Waals surface area contributed by atoms with Crippen LogP contribution in [0.5, 0.6) is 0 Å². The lowest BCUT2D eigenvalue weighted by Gasteiger charge is -2.40. The fourth-order valence-electron chi connectivity index (χ4n) is 4.26. The van der Waals surface area contributed by atoms with E-state index in [1.807, 2.05) is 0 Å². The fourth-order valence-corrected chi connectivity index (χ4v) is 4.26. The molecule has 0 aromatic heterocycles. The Hall–Kier alpha value is -0.900. The zero-order chi connectivity index (χ0) is 12.2. The van der Waals surface area contributed by atoms with E-state index in [4.69, 9.17) is 0 Å². The first-order chi connectivity index (χ1) is 8.77. The van der Waals surface area contributed by atoms with Gasteiger partial charge in [0.15, 0.2) is 0 Å². The monoisotopic (exact) mass is 244 g/mol. The van der Waals surface area contributed by atoms with Crippen LogP contribution in [0, 0.1) is 0 Å². The van der Waals surface area contributed by atoms with Gasteiger partial charge >= 0.3 is 0 Å². The van der Waals surface area contributed by atoms with Crippen LogP contribution in [0.15, 0.2) is 18.2 Å². The van der Waals surface area contributed by atoms with Crippen molar-refractivity contribution < 1.29 is 0 Å². The van der Waals surface area contributed by atoms with E-state index < -0.39 is 0 Å². The molecule has 18 heavy (non-hydrogen) atoms. The fraction of sp³-hybridized carbons (Fsp3) is 0.600. The van der Waals surface area contributed by atoms with Gasteiger partial charge in [0.05, 0.1) is 19.6 Å². The highest BCUT2D eigenvalue weighted by atomic mass is 15.4. The summed E-state index contributed by atoms with van der Waals surface area (Å²) in [6.45, 7) is 4.66. The SMILES string of the molecule is C[N+]1(c2cccc3c2CCNC3)CC2CC1CN2. The number of fused-ring (bicyclic) bond motifs is 3. The van der Waals surface area contributed by atoms with Crippen molar-refractivity contribution in [3.05, 3.63) is 29.3 Å². The summed E-state index contributed by atoms with van der Waals surface area (Å²) in [4.78, 5) is 0. The van der Waals surface area contributed by atoms with Crippen LogP contribution in [0.25, 0.3) is 0 Å². The van der Waals surface area contributed by atoms with Crippen molar-refractivity contribution in [2.45, 2.75) is 31.5 Å². The van der Waals surface area contributed by atoms with E-state index in [9.17, 15) is 0 Å². The maximum absolute atomic E-state index is 3.63. The van der Waals surface area contributed by atoms with Gasteiger partial charge in [-0.05, 0) is 24.6 Å². The summed E-state index contributed by atoms with van der Waals surface area (Å²) >= 11 is 0. The van der Waals surface area contributed by atoms with E-state index >= 15 is 0 Å². The molecule has 0 radical (unpaired) electrons. The molecule has 0 aliphatic carbocycles. The van der Waals surface area contributed by atoms with Gasteiger partial charge < -0.3 is 10.6 Å². The Bertz CT molecular complexity index is 485. The number of hydrogen-bond acceptors (Lipinski definition) is 2. The summed E-state index contributed by atoms with van der Waals surface area (Å²) in [5, 5.41) is 7.12. The predicted molar refractivity (Wildman–Crippen MR) is 74.6 cm³/mol. The third-order valence-corrected chi connectivity index (χ3v) is 5.27. The molecule has 3 heteroatoms. The Labute approximate surface area is 109 Å². The Morgan fingerprint density at radius 1 is 1.33 bits per heavy atom. The topological polar surface area (TPSA) is 24.1 Å². The van der Waals surface area contributed by atoms with Gasteiger partial charge in [-0.25, -0.2) is 0 Å². The molecule has 3 nitrogen and oxygen atoms in total. The number of likely N-dealkylation sites (tertiary alicyclic amines) is 1. The summed E-state index contributed by atoms with van der Waals surface area (Å²) in [6.07, 6.45) is 2.56. The smallest absolute Gasteiger partial charge is 0.136 e. The lowest BCUT2D eigenvalue weighted by molar-refractivity contribution is 0.271. The Morgan fingerprint density at radius 3 is 3.06 bits per heavy atom. The largest absolute Gasteiger partial charge is 0.312 e.